The van der Waals surface area contributed by atoms with E-state index in [0.717, 1.165) is 0 Å². The van der Waals surface area contributed by atoms with Gasteiger partial charge in [-0.15, -0.1) is 0 Å². The fourth-order valence-electron chi connectivity index (χ4n) is 13.5. The summed E-state index contributed by atoms with van der Waals surface area (Å²) in [6.07, 6.45) is 20.9. The van der Waals surface area contributed by atoms with Crippen LogP contribution >= 0.6 is 0 Å². The molecule has 0 fully saturated rings. The standard InChI is InChI=1S/C17H20N.2C17H16N.C17H20N.C17H16N.12C2H6.2CH4/c2*1-13-15-8-4-3-7-14(15)10-11-16(13)17-9-5-6-12-18(17)2;1-13-10-11-14-7-3-4-8-15(14)17(13)16-9-5-6-12-18(16)2;2*1-13-11-14-7-3-4-8-15(14)12-16(13)17-9-5-6-10-18(17)2;12*1-2;;/h5-6,9-12H,3-4,7-8H2,1-2H3;2*3-12H,1-2H3;5-6,9-12H,3-4,7-8H2,1-2H3;3-12H,1-2H3;12*1-2H3;2*1H4/q5*+1;;;;;;;;;;;;;;. The second-order valence-electron chi connectivity index (χ2n) is 24.7. The van der Waals surface area contributed by atoms with Crippen LogP contribution in [-0.2, 0) is 60.9 Å². The van der Waals surface area contributed by atoms with E-state index in [0.29, 0.717) is 0 Å². The first kappa shape index (κ1) is 113. The summed E-state index contributed by atoms with van der Waals surface area (Å²) in [5, 5.41) is 7.84. The van der Waals surface area contributed by atoms with Gasteiger partial charge in [0.25, 0.3) is 0 Å². The molecule has 0 unspecified atom stereocenters. The molecule has 0 saturated heterocycles. The SMILES string of the molecule is C.C.CC.CC.CC.CC.CC.CC.CC.CC.CC.CC.CC.CC.Cc1c(-c2cccc[n+]2C)ccc2c1CCCC2.Cc1c(-c2cccc[n+]2C)ccc2ccccc12.Cc1cc2c(cc1-c1cccc[n+]1C)CCCC2.Cc1cc2ccccc2cc1-c1cccc[n+]1C.Cc1ccc2ccccc2c1-c1cccc[n+]1C. The smallest absolute Gasteiger partial charge is 0.201 e. The van der Waals surface area contributed by atoms with Gasteiger partial charge in [0.05, 0.1) is 5.56 Å². The van der Waals surface area contributed by atoms with Gasteiger partial charge >= 0.3 is 0 Å². The summed E-state index contributed by atoms with van der Waals surface area (Å²) in [6, 6.07) is 80.2. The molecule has 632 valence electrons. The molecule has 0 N–H and O–H groups in total. The number of benzene rings is 8. The van der Waals surface area contributed by atoms with Crippen LogP contribution in [0.4, 0.5) is 0 Å². The summed E-state index contributed by atoms with van der Waals surface area (Å²) in [6.45, 7) is 59.1. The average Bonchev–Trinajstić information content (AvgIpc) is 0.874. The highest BCUT2D eigenvalue weighted by atomic mass is 14.9. The molecule has 5 aromatic heterocycles. The van der Waals surface area contributed by atoms with E-state index in [1.807, 2.05) is 166 Å². The lowest BCUT2D eigenvalue weighted by atomic mass is 9.86. The van der Waals surface area contributed by atoms with Crippen molar-refractivity contribution >= 4 is 32.3 Å². The Morgan fingerprint density at radius 2 is 0.509 bits per heavy atom. The molecule has 0 aliphatic heterocycles. The van der Waals surface area contributed by atoms with Gasteiger partial charge in [-0.3, -0.25) is 0 Å². The third-order valence-electron chi connectivity index (χ3n) is 18.6. The largest absolute Gasteiger partial charge is 0.213 e. The Morgan fingerprint density at radius 1 is 0.216 bits per heavy atom. The van der Waals surface area contributed by atoms with Crippen molar-refractivity contribution in [1.82, 2.24) is 0 Å². The van der Waals surface area contributed by atoms with E-state index in [2.05, 4.69) is 348 Å². The first-order valence-corrected chi connectivity index (χ1v) is 44.3. The molecule has 5 nitrogen and oxygen atoms in total. The summed E-state index contributed by atoms with van der Waals surface area (Å²) in [4.78, 5) is 0. The molecule has 0 atom stereocenters. The zero-order chi connectivity index (χ0) is 86.7. The number of fused-ring (bicyclic) bond motifs is 5. The number of aromatic nitrogens is 5. The zero-order valence-corrected chi connectivity index (χ0v) is 78.6. The minimum Gasteiger partial charge on any atom is -0.201 e. The summed E-state index contributed by atoms with van der Waals surface area (Å²) in [5.41, 5.74) is 26.2. The maximum Gasteiger partial charge on any atom is 0.213 e. The molecule has 0 spiro atoms. The molecule has 0 bridgehead atoms. The maximum atomic E-state index is 2.42. The quantitative estimate of drug-likeness (QED) is 0.153. The lowest BCUT2D eigenvalue weighted by Crippen LogP contribution is -2.30. The maximum absolute atomic E-state index is 2.42. The Morgan fingerprint density at radius 3 is 0.931 bits per heavy atom. The Kier molecular flexibility index (Phi) is 65.5. The molecule has 8 aromatic carbocycles. The second-order valence-corrected chi connectivity index (χ2v) is 24.7. The third kappa shape index (κ3) is 33.1. The molecule has 116 heavy (non-hydrogen) atoms. The fraction of sp³-hybridized carbons (Fsp3) is 0.396. The monoisotopic (exact) mass is 1570 g/mol. The highest BCUT2D eigenvalue weighted by Crippen LogP contribution is 2.34. The molecule has 2 aliphatic rings. The Balaban J connectivity index is -0.000000630. The lowest BCUT2D eigenvalue weighted by molar-refractivity contribution is -0.660. The van der Waals surface area contributed by atoms with Crippen molar-refractivity contribution in [2.75, 3.05) is 0 Å². The minimum atomic E-state index is 0. The van der Waals surface area contributed by atoms with Crippen molar-refractivity contribution in [3.63, 3.8) is 0 Å². The van der Waals surface area contributed by atoms with Gasteiger partial charge in [0, 0.05) is 82.9 Å². The number of aryl methyl sites for hydroxylation is 12. The van der Waals surface area contributed by atoms with E-state index in [1.165, 1.54) is 168 Å². The predicted octanol–water partition coefficient (Wildman–Crippen LogP) is 31.2. The normalized spacial score (nSPS) is 10.1. The summed E-state index contributed by atoms with van der Waals surface area (Å²) >= 11 is 0. The molecule has 0 radical (unpaired) electrons. The van der Waals surface area contributed by atoms with Gasteiger partial charge in [-0.2, -0.15) is 0 Å². The number of rotatable bonds is 5. The Bertz CT molecular complexity index is 4590. The molecule has 0 saturated carbocycles. The van der Waals surface area contributed by atoms with Gasteiger partial charge in [0.15, 0.2) is 31.0 Å². The Labute approximate surface area is 714 Å². The van der Waals surface area contributed by atoms with Gasteiger partial charge in [-0.1, -0.05) is 290 Å². The van der Waals surface area contributed by atoms with Crippen LogP contribution in [0.3, 0.4) is 0 Å². The average molecular weight is 1570 g/mol. The van der Waals surface area contributed by atoms with Crippen LogP contribution in [0.1, 0.15) is 257 Å². The molecule has 5 heterocycles. The number of pyridine rings is 5. The number of nitrogens with zero attached hydrogens (tertiary/aromatic N) is 5. The van der Waals surface area contributed by atoms with Crippen LogP contribution < -0.4 is 22.8 Å². The van der Waals surface area contributed by atoms with Crippen molar-refractivity contribution < 1.29 is 22.8 Å². The molecule has 13 aromatic rings. The highest BCUT2D eigenvalue weighted by Gasteiger charge is 2.21. The second kappa shape index (κ2) is 67.5. The summed E-state index contributed by atoms with van der Waals surface area (Å²) in [7, 11) is 10.5. The van der Waals surface area contributed by atoms with Gasteiger partial charge in [-0.25, -0.2) is 22.8 Å². The van der Waals surface area contributed by atoms with E-state index in [1.54, 1.807) is 22.3 Å². The molecule has 15 rings (SSSR count). The van der Waals surface area contributed by atoms with E-state index in [9.17, 15) is 0 Å². The van der Waals surface area contributed by atoms with Gasteiger partial charge in [0.1, 0.15) is 35.2 Å². The highest BCUT2D eigenvalue weighted by molar-refractivity contribution is 5.97. The zero-order valence-electron chi connectivity index (χ0n) is 78.6. The van der Waals surface area contributed by atoms with E-state index in [4.69, 9.17) is 0 Å². The van der Waals surface area contributed by atoms with Crippen LogP contribution in [0.15, 0.2) is 255 Å². The van der Waals surface area contributed by atoms with Crippen molar-refractivity contribution in [2.24, 2.45) is 35.2 Å². The van der Waals surface area contributed by atoms with Crippen LogP contribution in [0.2, 0.25) is 0 Å². The molecular weight excluding hydrogens is 1400 g/mol. The van der Waals surface area contributed by atoms with Crippen molar-refractivity contribution in [1.29, 1.82) is 0 Å². The van der Waals surface area contributed by atoms with E-state index < -0.39 is 0 Å². The topological polar surface area (TPSA) is 19.4 Å². The van der Waals surface area contributed by atoms with E-state index >= 15 is 0 Å². The van der Waals surface area contributed by atoms with Crippen molar-refractivity contribution in [3.05, 3.63) is 306 Å². The fourth-order valence-corrected chi connectivity index (χ4v) is 13.5. The number of hydrogen-bond acceptors (Lipinski definition) is 0. The molecule has 2 aliphatic carbocycles. The first-order valence-electron chi connectivity index (χ1n) is 44.3. The van der Waals surface area contributed by atoms with Crippen LogP contribution in [-0.4, -0.2) is 0 Å². The molecule has 5 heteroatoms. The molecular formula is C111H168N5+5. The van der Waals surface area contributed by atoms with Gasteiger partial charge < -0.3 is 0 Å². The Hall–Kier alpha value is -9.71. The lowest BCUT2D eigenvalue weighted by Gasteiger charge is -2.19. The number of hydrogen-bond donors (Lipinski definition) is 0. The van der Waals surface area contributed by atoms with Gasteiger partial charge in [0.2, 0.25) is 28.5 Å². The van der Waals surface area contributed by atoms with Crippen LogP contribution in [0.25, 0.3) is 88.6 Å². The minimum absolute atomic E-state index is 0. The molecule has 0 amide bonds. The summed E-state index contributed by atoms with van der Waals surface area (Å²) in [5.74, 6) is 0. The van der Waals surface area contributed by atoms with Gasteiger partial charge in [-0.05, 0) is 223 Å². The third-order valence-corrected chi connectivity index (χ3v) is 18.6. The summed E-state index contributed by atoms with van der Waals surface area (Å²) < 4.78 is 10.9. The van der Waals surface area contributed by atoms with Crippen molar-refractivity contribution in [2.45, 2.75) is 267 Å². The van der Waals surface area contributed by atoms with Crippen molar-refractivity contribution in [3.8, 4) is 56.3 Å². The van der Waals surface area contributed by atoms with Crippen LogP contribution in [0, 0.1) is 34.6 Å². The van der Waals surface area contributed by atoms with Crippen LogP contribution in [0.5, 0.6) is 0 Å². The van der Waals surface area contributed by atoms with E-state index in [-0.39, 0.29) is 14.9 Å². The predicted molar refractivity (Wildman–Crippen MR) is 524 cm³/mol. The first-order chi connectivity index (χ1) is 55.8.